The number of carbonyl (C=O) groups excluding carboxylic acids is 1. The second-order valence-corrected chi connectivity index (χ2v) is 7.61. The van der Waals surface area contributed by atoms with Crippen LogP contribution in [0.15, 0.2) is 48.0 Å². The van der Waals surface area contributed by atoms with Gasteiger partial charge in [0.05, 0.1) is 29.5 Å². The number of carbonyl (C=O) groups is 1. The molecule has 0 saturated carbocycles. The lowest BCUT2D eigenvalue weighted by molar-refractivity contribution is 0.0943. The topological polar surface area (TPSA) is 116 Å². The SMILES string of the molecule is COc1ccc(COc2nc(S(C)=O)ncc2C(=O)NCc2ncccn2)cc1Cl. The van der Waals surface area contributed by atoms with Crippen molar-refractivity contribution in [3.63, 3.8) is 0 Å². The molecule has 1 N–H and O–H groups in total. The van der Waals surface area contributed by atoms with Crippen molar-refractivity contribution in [3.8, 4) is 11.6 Å². The number of nitrogens with one attached hydrogen (secondary N) is 1. The number of hydrogen-bond donors (Lipinski definition) is 1. The highest BCUT2D eigenvalue weighted by atomic mass is 35.5. The largest absolute Gasteiger partial charge is 0.495 e. The predicted molar refractivity (Wildman–Crippen MR) is 110 cm³/mol. The molecule has 0 spiro atoms. The normalized spacial score (nSPS) is 11.6. The third kappa shape index (κ3) is 5.49. The first-order valence-electron chi connectivity index (χ1n) is 8.67. The van der Waals surface area contributed by atoms with Crippen molar-refractivity contribution in [3.05, 3.63) is 64.8 Å². The zero-order valence-corrected chi connectivity index (χ0v) is 17.7. The fourth-order valence-electron chi connectivity index (χ4n) is 2.38. The zero-order valence-electron chi connectivity index (χ0n) is 16.2. The van der Waals surface area contributed by atoms with Crippen LogP contribution in [-0.2, 0) is 24.0 Å². The Morgan fingerprint density at radius 3 is 2.67 bits per heavy atom. The van der Waals surface area contributed by atoms with Gasteiger partial charge in [-0.15, -0.1) is 0 Å². The summed E-state index contributed by atoms with van der Waals surface area (Å²) < 4.78 is 22.6. The van der Waals surface area contributed by atoms with Gasteiger partial charge in [0, 0.05) is 24.8 Å². The molecule has 11 heteroatoms. The molecule has 156 valence electrons. The van der Waals surface area contributed by atoms with Crippen molar-refractivity contribution in [2.24, 2.45) is 0 Å². The minimum atomic E-state index is -1.44. The van der Waals surface area contributed by atoms with E-state index in [2.05, 4.69) is 25.3 Å². The first kappa shape index (κ1) is 21.6. The van der Waals surface area contributed by atoms with E-state index in [9.17, 15) is 9.00 Å². The van der Waals surface area contributed by atoms with E-state index in [4.69, 9.17) is 21.1 Å². The molecule has 0 saturated heterocycles. The molecular formula is C19H18ClN5O4S. The van der Waals surface area contributed by atoms with E-state index in [-0.39, 0.29) is 29.8 Å². The maximum Gasteiger partial charge on any atom is 0.258 e. The van der Waals surface area contributed by atoms with Crippen molar-refractivity contribution >= 4 is 28.3 Å². The Balaban J connectivity index is 1.78. The van der Waals surface area contributed by atoms with Gasteiger partial charge in [0.1, 0.15) is 23.7 Å². The van der Waals surface area contributed by atoms with Crippen molar-refractivity contribution in [2.75, 3.05) is 13.4 Å². The molecule has 0 aliphatic heterocycles. The summed E-state index contributed by atoms with van der Waals surface area (Å²) in [4.78, 5) is 28.9. The lowest BCUT2D eigenvalue weighted by Gasteiger charge is -2.12. The average molecular weight is 448 g/mol. The van der Waals surface area contributed by atoms with Crippen molar-refractivity contribution in [1.29, 1.82) is 0 Å². The molecule has 0 aliphatic carbocycles. The van der Waals surface area contributed by atoms with Crippen LogP contribution in [0.4, 0.5) is 0 Å². The highest BCUT2D eigenvalue weighted by molar-refractivity contribution is 7.84. The number of nitrogens with zero attached hydrogens (tertiary/aromatic N) is 4. The van der Waals surface area contributed by atoms with E-state index in [1.54, 1.807) is 36.7 Å². The van der Waals surface area contributed by atoms with E-state index in [1.165, 1.54) is 19.6 Å². The van der Waals surface area contributed by atoms with Crippen LogP contribution in [0.3, 0.4) is 0 Å². The number of rotatable bonds is 8. The summed E-state index contributed by atoms with van der Waals surface area (Å²) in [5, 5.41) is 3.17. The first-order chi connectivity index (χ1) is 14.5. The molecule has 0 bridgehead atoms. The van der Waals surface area contributed by atoms with Gasteiger partial charge in [0.15, 0.2) is 0 Å². The lowest BCUT2D eigenvalue weighted by Crippen LogP contribution is -2.25. The van der Waals surface area contributed by atoms with Crippen LogP contribution in [0.25, 0.3) is 0 Å². The second kappa shape index (κ2) is 10.1. The summed E-state index contributed by atoms with van der Waals surface area (Å²) in [6.07, 6.45) is 5.88. The summed E-state index contributed by atoms with van der Waals surface area (Å²) in [6.45, 7) is 0.202. The molecule has 0 aliphatic rings. The molecule has 2 aromatic heterocycles. The minimum absolute atomic E-state index is 0.00798. The zero-order chi connectivity index (χ0) is 21.5. The van der Waals surface area contributed by atoms with Crippen LogP contribution in [0.5, 0.6) is 11.6 Å². The van der Waals surface area contributed by atoms with Crippen LogP contribution in [0.1, 0.15) is 21.7 Å². The maximum absolute atomic E-state index is 12.6. The fourth-order valence-corrected chi connectivity index (χ4v) is 3.08. The smallest absolute Gasteiger partial charge is 0.258 e. The molecule has 3 aromatic rings. The minimum Gasteiger partial charge on any atom is -0.495 e. The summed E-state index contributed by atoms with van der Waals surface area (Å²) in [6, 6.07) is 6.85. The Morgan fingerprint density at radius 2 is 2.00 bits per heavy atom. The van der Waals surface area contributed by atoms with Crippen LogP contribution in [0.2, 0.25) is 5.02 Å². The van der Waals surface area contributed by atoms with Gasteiger partial charge < -0.3 is 14.8 Å². The Bertz CT molecular complexity index is 1070. The molecule has 9 nitrogen and oxygen atoms in total. The summed E-state index contributed by atoms with van der Waals surface area (Å²) in [5.74, 6) is 0.523. The molecule has 1 atom stereocenters. The van der Waals surface area contributed by atoms with Gasteiger partial charge in [-0.1, -0.05) is 17.7 Å². The van der Waals surface area contributed by atoms with Gasteiger partial charge in [-0.05, 0) is 23.8 Å². The third-order valence-electron chi connectivity index (χ3n) is 3.85. The lowest BCUT2D eigenvalue weighted by atomic mass is 10.2. The molecule has 2 heterocycles. The molecule has 1 unspecified atom stereocenters. The average Bonchev–Trinajstić information content (AvgIpc) is 2.76. The van der Waals surface area contributed by atoms with Crippen molar-refractivity contribution < 1.29 is 18.5 Å². The number of methoxy groups -OCH3 is 1. The fraction of sp³-hybridized carbons (Fsp3) is 0.211. The molecular weight excluding hydrogens is 430 g/mol. The number of amides is 1. The molecule has 1 aromatic carbocycles. The van der Waals surface area contributed by atoms with E-state index in [0.717, 1.165) is 5.56 Å². The van der Waals surface area contributed by atoms with E-state index in [1.807, 2.05) is 0 Å². The molecule has 0 radical (unpaired) electrons. The van der Waals surface area contributed by atoms with E-state index in [0.29, 0.717) is 16.6 Å². The van der Waals surface area contributed by atoms with Crippen molar-refractivity contribution in [1.82, 2.24) is 25.3 Å². The van der Waals surface area contributed by atoms with Gasteiger partial charge in [-0.25, -0.2) is 15.0 Å². The predicted octanol–water partition coefficient (Wildman–Crippen LogP) is 2.17. The molecule has 1 amide bonds. The summed E-state index contributed by atoms with van der Waals surface area (Å²) in [5.41, 5.74) is 0.836. The molecule has 0 fully saturated rings. The van der Waals surface area contributed by atoms with E-state index < -0.39 is 16.7 Å². The van der Waals surface area contributed by atoms with Crippen LogP contribution < -0.4 is 14.8 Å². The van der Waals surface area contributed by atoms with Gasteiger partial charge in [-0.2, -0.15) is 4.98 Å². The maximum atomic E-state index is 12.6. The van der Waals surface area contributed by atoms with Gasteiger partial charge in [0.25, 0.3) is 5.91 Å². The Morgan fingerprint density at radius 1 is 1.23 bits per heavy atom. The number of aromatic nitrogens is 4. The first-order valence-corrected chi connectivity index (χ1v) is 10.6. The number of ether oxygens (including phenoxy) is 2. The van der Waals surface area contributed by atoms with Crippen molar-refractivity contribution in [2.45, 2.75) is 18.3 Å². The summed E-state index contributed by atoms with van der Waals surface area (Å²) in [7, 11) is 0.0820. The van der Waals surface area contributed by atoms with E-state index >= 15 is 0 Å². The molecule has 3 rings (SSSR count). The van der Waals surface area contributed by atoms with Crippen LogP contribution in [-0.4, -0.2) is 43.4 Å². The number of halogens is 1. The van der Waals surface area contributed by atoms with Gasteiger partial charge in [0.2, 0.25) is 11.0 Å². The third-order valence-corrected chi connectivity index (χ3v) is 4.86. The second-order valence-electron chi connectivity index (χ2n) is 5.93. The Kier molecular flexibility index (Phi) is 7.26. The quantitative estimate of drug-likeness (QED) is 0.522. The standard InChI is InChI=1S/C19H18ClN5O4S/c1-28-15-5-4-12(8-14(15)20)11-29-18-13(9-24-19(25-18)30(2)27)17(26)23-10-16-21-6-3-7-22-16/h3-9H,10-11H2,1-2H3,(H,23,26). The van der Waals surface area contributed by atoms with Crippen LogP contribution in [0, 0.1) is 0 Å². The number of benzene rings is 1. The van der Waals surface area contributed by atoms with Gasteiger partial charge >= 0.3 is 0 Å². The Labute approximate surface area is 180 Å². The highest BCUT2D eigenvalue weighted by Crippen LogP contribution is 2.26. The Hall–Kier alpha value is -3.11. The highest BCUT2D eigenvalue weighted by Gasteiger charge is 2.18. The van der Waals surface area contributed by atoms with Crippen LogP contribution >= 0.6 is 11.6 Å². The molecule has 30 heavy (non-hydrogen) atoms. The van der Waals surface area contributed by atoms with Gasteiger partial charge in [-0.3, -0.25) is 9.00 Å². The summed E-state index contributed by atoms with van der Waals surface area (Å²) >= 11 is 6.14. The monoisotopic (exact) mass is 447 g/mol. The number of hydrogen-bond acceptors (Lipinski definition) is 8.